The number of para-hydroxylation sites is 1. The number of benzene rings is 3. The molecule has 6 heteroatoms. The van der Waals surface area contributed by atoms with Gasteiger partial charge in [0.05, 0.1) is 22.1 Å². The number of nitrogens with zero attached hydrogens (tertiary/aromatic N) is 2. The number of carboxylic acids is 1. The number of carbonyl (C=O) groups excluding carboxylic acids is 1. The average Bonchev–Trinajstić information content (AvgIpc) is 2.58. The average molecular weight is 331 g/mol. The molecule has 3 aromatic carbocycles. The lowest BCUT2D eigenvalue weighted by molar-refractivity contribution is -0.114. The number of carbonyl (C=O) groups is 2. The Morgan fingerprint density at radius 1 is 0.960 bits per heavy atom. The number of hydrogen-bond donors (Lipinski definition) is 2. The van der Waals surface area contributed by atoms with Crippen LogP contribution in [0.15, 0.2) is 48.5 Å². The summed E-state index contributed by atoms with van der Waals surface area (Å²) in [5.74, 6) is -1.18. The summed E-state index contributed by atoms with van der Waals surface area (Å²) >= 11 is 0. The fourth-order valence-electron chi connectivity index (χ4n) is 2.94. The maximum absolute atomic E-state index is 11.5. The third kappa shape index (κ3) is 2.53. The van der Waals surface area contributed by atoms with E-state index >= 15 is 0 Å². The molecule has 0 saturated carbocycles. The molecular weight excluding hydrogens is 318 g/mol. The van der Waals surface area contributed by atoms with Crippen LogP contribution in [0.2, 0.25) is 0 Å². The van der Waals surface area contributed by atoms with Crippen molar-refractivity contribution in [1.82, 2.24) is 9.97 Å². The molecule has 25 heavy (non-hydrogen) atoms. The summed E-state index contributed by atoms with van der Waals surface area (Å²) < 4.78 is 0. The summed E-state index contributed by atoms with van der Waals surface area (Å²) in [6, 6.07) is 14.2. The zero-order valence-electron chi connectivity index (χ0n) is 13.3. The Kier molecular flexibility index (Phi) is 3.32. The molecule has 2 N–H and O–H groups in total. The molecular formula is C19H13N3O3. The van der Waals surface area contributed by atoms with Gasteiger partial charge < -0.3 is 10.4 Å². The first-order valence-corrected chi connectivity index (χ1v) is 7.67. The van der Waals surface area contributed by atoms with Crippen molar-refractivity contribution in [3.8, 4) is 0 Å². The molecule has 0 aliphatic heterocycles. The molecule has 1 heterocycles. The lowest BCUT2D eigenvalue weighted by atomic mass is 10.1. The second-order valence-corrected chi connectivity index (χ2v) is 5.75. The molecule has 1 amide bonds. The van der Waals surface area contributed by atoms with E-state index in [2.05, 4.69) is 15.3 Å². The van der Waals surface area contributed by atoms with E-state index in [0.29, 0.717) is 27.8 Å². The first-order chi connectivity index (χ1) is 12.0. The molecule has 1 aromatic heterocycles. The van der Waals surface area contributed by atoms with Crippen molar-refractivity contribution in [3.63, 3.8) is 0 Å². The second kappa shape index (κ2) is 5.52. The highest BCUT2D eigenvalue weighted by atomic mass is 16.4. The van der Waals surface area contributed by atoms with Crippen molar-refractivity contribution in [1.29, 1.82) is 0 Å². The SMILES string of the molecule is CC(=O)Nc1ccc2c(ccc3nc4cccc(C(=O)O)c4nc32)c1. The Hall–Kier alpha value is -3.54. The predicted octanol–water partition coefficient (Wildman–Crippen LogP) is 3.59. The lowest BCUT2D eigenvalue weighted by Gasteiger charge is -2.08. The van der Waals surface area contributed by atoms with Crippen LogP contribution >= 0.6 is 0 Å². The second-order valence-electron chi connectivity index (χ2n) is 5.75. The summed E-state index contributed by atoms with van der Waals surface area (Å²) in [7, 11) is 0. The molecule has 0 radical (unpaired) electrons. The standard InChI is InChI=1S/C19H13N3O3/c1-10(23)20-12-6-7-13-11(9-12)5-8-16-17(13)22-18-14(19(24)25)3-2-4-15(18)21-16/h2-9H,1H3,(H,20,23)(H,24,25). The fourth-order valence-corrected chi connectivity index (χ4v) is 2.94. The molecule has 0 saturated heterocycles. The Morgan fingerprint density at radius 2 is 1.76 bits per heavy atom. The number of aromatic carboxylic acids is 1. The third-order valence-corrected chi connectivity index (χ3v) is 4.00. The molecule has 0 spiro atoms. The Labute approximate surface area is 142 Å². The highest BCUT2D eigenvalue weighted by Crippen LogP contribution is 2.28. The van der Waals surface area contributed by atoms with E-state index in [9.17, 15) is 14.7 Å². The summed E-state index contributed by atoms with van der Waals surface area (Å²) in [4.78, 5) is 31.8. The van der Waals surface area contributed by atoms with Crippen molar-refractivity contribution in [2.45, 2.75) is 6.92 Å². The number of nitrogens with one attached hydrogen (secondary N) is 1. The Morgan fingerprint density at radius 3 is 2.52 bits per heavy atom. The molecule has 6 nitrogen and oxygen atoms in total. The van der Waals surface area contributed by atoms with Gasteiger partial charge in [-0.25, -0.2) is 14.8 Å². The van der Waals surface area contributed by atoms with Crippen LogP contribution in [0.4, 0.5) is 5.69 Å². The van der Waals surface area contributed by atoms with E-state index in [0.717, 1.165) is 10.8 Å². The van der Waals surface area contributed by atoms with E-state index in [1.807, 2.05) is 24.3 Å². The number of fused-ring (bicyclic) bond motifs is 4. The number of rotatable bonds is 2. The monoisotopic (exact) mass is 331 g/mol. The van der Waals surface area contributed by atoms with Crippen molar-refractivity contribution in [2.24, 2.45) is 0 Å². The van der Waals surface area contributed by atoms with Crippen LogP contribution in [0.1, 0.15) is 17.3 Å². The van der Waals surface area contributed by atoms with Crippen LogP contribution in [0.5, 0.6) is 0 Å². The van der Waals surface area contributed by atoms with E-state index < -0.39 is 5.97 Å². The van der Waals surface area contributed by atoms with Crippen molar-refractivity contribution < 1.29 is 14.7 Å². The van der Waals surface area contributed by atoms with Crippen molar-refractivity contribution in [2.75, 3.05) is 5.32 Å². The van der Waals surface area contributed by atoms with Gasteiger partial charge in [0.2, 0.25) is 5.91 Å². The van der Waals surface area contributed by atoms with Gasteiger partial charge in [-0.1, -0.05) is 18.2 Å². The molecule has 0 atom stereocenters. The minimum Gasteiger partial charge on any atom is -0.478 e. The first kappa shape index (κ1) is 15.0. The van der Waals surface area contributed by atoms with Crippen LogP contribution in [-0.4, -0.2) is 27.0 Å². The van der Waals surface area contributed by atoms with Gasteiger partial charge in [0, 0.05) is 18.0 Å². The molecule has 0 aliphatic carbocycles. The summed E-state index contributed by atoms with van der Waals surface area (Å²) in [5, 5.41) is 13.9. The topological polar surface area (TPSA) is 92.2 Å². The van der Waals surface area contributed by atoms with Crippen molar-refractivity contribution in [3.05, 3.63) is 54.1 Å². The van der Waals surface area contributed by atoms with Gasteiger partial charge in [0.25, 0.3) is 0 Å². The van der Waals surface area contributed by atoms with E-state index in [1.54, 1.807) is 18.2 Å². The maximum Gasteiger partial charge on any atom is 0.337 e. The summed E-state index contributed by atoms with van der Waals surface area (Å²) in [5.41, 5.74) is 3.04. The van der Waals surface area contributed by atoms with Crippen molar-refractivity contribution >= 4 is 50.4 Å². The smallest absolute Gasteiger partial charge is 0.337 e. The van der Waals surface area contributed by atoms with Gasteiger partial charge in [-0.15, -0.1) is 0 Å². The fraction of sp³-hybridized carbons (Fsp3) is 0.0526. The minimum atomic E-state index is -1.03. The van der Waals surface area contributed by atoms with Gasteiger partial charge in [-0.05, 0) is 35.7 Å². The minimum absolute atomic E-state index is 0.124. The van der Waals surface area contributed by atoms with Gasteiger partial charge in [0.1, 0.15) is 5.52 Å². The van der Waals surface area contributed by atoms with Gasteiger partial charge in [-0.2, -0.15) is 0 Å². The van der Waals surface area contributed by atoms with Crippen LogP contribution in [-0.2, 0) is 4.79 Å². The van der Waals surface area contributed by atoms with Gasteiger partial charge in [0.15, 0.2) is 0 Å². The predicted molar refractivity (Wildman–Crippen MR) is 95.8 cm³/mol. The Bertz CT molecular complexity index is 1180. The first-order valence-electron chi connectivity index (χ1n) is 7.67. The normalized spacial score (nSPS) is 11.1. The van der Waals surface area contributed by atoms with E-state index in [-0.39, 0.29) is 11.5 Å². The highest BCUT2D eigenvalue weighted by Gasteiger charge is 2.13. The van der Waals surface area contributed by atoms with Crippen LogP contribution in [0.3, 0.4) is 0 Å². The van der Waals surface area contributed by atoms with Gasteiger partial charge >= 0.3 is 5.97 Å². The quantitative estimate of drug-likeness (QED) is 0.432. The Balaban J connectivity index is 2.03. The number of anilines is 1. The zero-order chi connectivity index (χ0) is 17.6. The van der Waals surface area contributed by atoms with Crippen LogP contribution < -0.4 is 5.32 Å². The maximum atomic E-state index is 11.5. The number of carboxylic acid groups (broad SMARTS) is 1. The van der Waals surface area contributed by atoms with E-state index in [1.165, 1.54) is 13.0 Å². The van der Waals surface area contributed by atoms with Crippen LogP contribution in [0, 0.1) is 0 Å². The van der Waals surface area contributed by atoms with Crippen LogP contribution in [0.25, 0.3) is 32.8 Å². The lowest BCUT2D eigenvalue weighted by Crippen LogP contribution is -2.05. The van der Waals surface area contributed by atoms with Gasteiger partial charge in [-0.3, -0.25) is 4.79 Å². The molecule has 4 rings (SSSR count). The zero-order valence-corrected chi connectivity index (χ0v) is 13.3. The highest BCUT2D eigenvalue weighted by molar-refractivity contribution is 6.09. The number of hydrogen-bond acceptors (Lipinski definition) is 4. The molecule has 4 aromatic rings. The summed E-state index contributed by atoms with van der Waals surface area (Å²) in [6.45, 7) is 1.45. The largest absolute Gasteiger partial charge is 0.478 e. The number of aromatic nitrogens is 2. The van der Waals surface area contributed by atoms with E-state index in [4.69, 9.17) is 0 Å². The molecule has 0 fully saturated rings. The molecule has 0 unspecified atom stereocenters. The third-order valence-electron chi connectivity index (χ3n) is 4.00. The number of amides is 1. The molecule has 0 aliphatic rings. The summed E-state index contributed by atoms with van der Waals surface area (Å²) in [6.07, 6.45) is 0. The molecule has 0 bridgehead atoms. The molecule has 122 valence electrons.